The fraction of sp³-hybridized carbons (Fsp3) is 0.333. The summed E-state index contributed by atoms with van der Waals surface area (Å²) in [6.45, 7) is 0. The first-order valence-corrected chi connectivity index (χ1v) is 4.46. The van der Waals surface area contributed by atoms with Crippen molar-refractivity contribution in [1.29, 1.82) is 0 Å². The standard InChI is InChI=1S/C6H5BrClFN2/c7-2-1-4-5(9)6(8)11-3-10-4/h3H,1-2H2. The van der Waals surface area contributed by atoms with E-state index in [4.69, 9.17) is 11.6 Å². The van der Waals surface area contributed by atoms with Crippen molar-refractivity contribution in [3.63, 3.8) is 0 Å². The van der Waals surface area contributed by atoms with Gasteiger partial charge in [-0.15, -0.1) is 0 Å². The smallest absolute Gasteiger partial charge is 0.181 e. The van der Waals surface area contributed by atoms with E-state index in [0.717, 1.165) is 0 Å². The molecule has 0 saturated carbocycles. The Morgan fingerprint density at radius 1 is 1.55 bits per heavy atom. The van der Waals surface area contributed by atoms with E-state index in [1.54, 1.807) is 0 Å². The van der Waals surface area contributed by atoms with Gasteiger partial charge in [0.2, 0.25) is 0 Å². The third-order valence-corrected chi connectivity index (χ3v) is 1.81. The van der Waals surface area contributed by atoms with Crippen molar-refractivity contribution in [3.8, 4) is 0 Å². The van der Waals surface area contributed by atoms with Crippen molar-refractivity contribution in [2.75, 3.05) is 5.33 Å². The van der Waals surface area contributed by atoms with Gasteiger partial charge in [-0.2, -0.15) is 0 Å². The Kier molecular flexibility index (Phi) is 3.20. The molecule has 1 rings (SSSR count). The molecule has 0 radical (unpaired) electrons. The summed E-state index contributed by atoms with van der Waals surface area (Å²) in [6, 6.07) is 0. The lowest BCUT2D eigenvalue weighted by molar-refractivity contribution is 0.594. The highest BCUT2D eigenvalue weighted by atomic mass is 79.9. The largest absolute Gasteiger partial charge is 0.238 e. The predicted molar refractivity (Wildman–Crippen MR) is 44.5 cm³/mol. The zero-order chi connectivity index (χ0) is 8.27. The van der Waals surface area contributed by atoms with Crippen LogP contribution in [0.4, 0.5) is 4.39 Å². The summed E-state index contributed by atoms with van der Waals surface area (Å²) in [5, 5.41) is 0.549. The number of aromatic nitrogens is 2. The Hall–Kier alpha value is -0.220. The average Bonchev–Trinajstić information content (AvgIpc) is 1.99. The zero-order valence-corrected chi connectivity index (χ0v) is 7.86. The molecule has 0 fully saturated rings. The molecule has 0 unspecified atom stereocenters. The molecule has 0 bridgehead atoms. The van der Waals surface area contributed by atoms with Crippen LogP contribution >= 0.6 is 27.5 Å². The molecule has 11 heavy (non-hydrogen) atoms. The van der Waals surface area contributed by atoms with Gasteiger partial charge in [0.05, 0.1) is 5.69 Å². The summed E-state index contributed by atoms with van der Waals surface area (Å²) in [7, 11) is 0. The van der Waals surface area contributed by atoms with Crippen LogP contribution in [0.2, 0.25) is 5.15 Å². The Balaban J connectivity index is 2.96. The molecule has 0 amide bonds. The van der Waals surface area contributed by atoms with Crippen molar-refractivity contribution in [2.24, 2.45) is 0 Å². The normalized spacial score (nSPS) is 10.1. The molecule has 0 saturated heterocycles. The first kappa shape index (κ1) is 8.87. The topological polar surface area (TPSA) is 25.8 Å². The van der Waals surface area contributed by atoms with E-state index in [2.05, 4.69) is 25.9 Å². The summed E-state index contributed by atoms with van der Waals surface area (Å²) >= 11 is 8.58. The molecule has 1 aromatic rings. The third-order valence-electron chi connectivity index (χ3n) is 1.15. The van der Waals surface area contributed by atoms with Gasteiger partial charge in [-0.05, 0) is 0 Å². The lowest BCUT2D eigenvalue weighted by atomic mass is 10.3. The van der Waals surface area contributed by atoms with E-state index in [1.807, 2.05) is 0 Å². The van der Waals surface area contributed by atoms with Crippen LogP contribution in [-0.2, 0) is 6.42 Å². The van der Waals surface area contributed by atoms with Crippen LogP contribution in [0.25, 0.3) is 0 Å². The minimum Gasteiger partial charge on any atom is -0.238 e. The maximum Gasteiger partial charge on any atom is 0.181 e. The van der Waals surface area contributed by atoms with E-state index < -0.39 is 5.82 Å². The number of hydrogen-bond donors (Lipinski definition) is 0. The van der Waals surface area contributed by atoms with Gasteiger partial charge in [0.15, 0.2) is 11.0 Å². The van der Waals surface area contributed by atoms with Gasteiger partial charge in [-0.25, -0.2) is 14.4 Å². The number of alkyl halides is 1. The van der Waals surface area contributed by atoms with Crippen LogP contribution in [0.3, 0.4) is 0 Å². The summed E-state index contributed by atoms with van der Waals surface area (Å²) in [4.78, 5) is 7.21. The molecule has 0 N–H and O–H groups in total. The van der Waals surface area contributed by atoms with E-state index in [9.17, 15) is 4.39 Å². The van der Waals surface area contributed by atoms with Gasteiger partial charge < -0.3 is 0 Å². The van der Waals surface area contributed by atoms with Gasteiger partial charge in [-0.1, -0.05) is 27.5 Å². The molecular formula is C6H5BrClFN2. The Morgan fingerprint density at radius 3 is 2.91 bits per heavy atom. The molecule has 0 spiro atoms. The van der Waals surface area contributed by atoms with Crippen LogP contribution in [0.15, 0.2) is 6.33 Å². The predicted octanol–water partition coefficient (Wildman–Crippen LogP) is 2.21. The fourth-order valence-electron chi connectivity index (χ4n) is 0.645. The van der Waals surface area contributed by atoms with Crippen LogP contribution in [-0.4, -0.2) is 15.3 Å². The molecule has 0 atom stereocenters. The maximum absolute atomic E-state index is 12.9. The minimum absolute atomic E-state index is 0.115. The van der Waals surface area contributed by atoms with E-state index in [1.165, 1.54) is 6.33 Å². The van der Waals surface area contributed by atoms with Crippen molar-refractivity contribution < 1.29 is 4.39 Å². The molecular weight excluding hydrogens is 234 g/mol. The van der Waals surface area contributed by atoms with Crippen molar-refractivity contribution in [2.45, 2.75) is 6.42 Å². The third kappa shape index (κ3) is 2.10. The highest BCUT2D eigenvalue weighted by Gasteiger charge is 2.07. The molecule has 0 aromatic carbocycles. The lowest BCUT2D eigenvalue weighted by Crippen LogP contribution is -1.98. The van der Waals surface area contributed by atoms with Gasteiger partial charge in [0.25, 0.3) is 0 Å². The minimum atomic E-state index is -0.520. The highest BCUT2D eigenvalue weighted by Crippen LogP contribution is 2.13. The van der Waals surface area contributed by atoms with Gasteiger partial charge in [-0.3, -0.25) is 0 Å². The second-order valence-corrected chi connectivity index (χ2v) is 3.02. The Labute approximate surface area is 76.9 Å². The second-order valence-electron chi connectivity index (χ2n) is 1.86. The summed E-state index contributed by atoms with van der Waals surface area (Å²) in [6.07, 6.45) is 1.78. The van der Waals surface area contributed by atoms with Crippen molar-refractivity contribution >= 4 is 27.5 Å². The Morgan fingerprint density at radius 2 is 2.27 bits per heavy atom. The van der Waals surface area contributed by atoms with Crippen LogP contribution in [0.5, 0.6) is 0 Å². The maximum atomic E-state index is 12.9. The number of aryl methyl sites for hydroxylation is 1. The molecule has 0 aliphatic rings. The average molecular weight is 239 g/mol. The second kappa shape index (κ2) is 3.97. The van der Waals surface area contributed by atoms with Crippen LogP contribution in [0, 0.1) is 5.82 Å². The number of nitrogens with zero attached hydrogens (tertiary/aromatic N) is 2. The van der Waals surface area contributed by atoms with E-state index in [-0.39, 0.29) is 5.15 Å². The van der Waals surface area contributed by atoms with Gasteiger partial charge >= 0.3 is 0 Å². The molecule has 1 aromatic heterocycles. The number of halogens is 3. The van der Waals surface area contributed by atoms with Crippen molar-refractivity contribution in [1.82, 2.24) is 9.97 Å². The Bertz CT molecular complexity index is 256. The van der Waals surface area contributed by atoms with E-state index in [0.29, 0.717) is 17.4 Å². The highest BCUT2D eigenvalue weighted by molar-refractivity contribution is 9.09. The summed E-state index contributed by atoms with van der Waals surface area (Å²) < 4.78 is 12.9. The van der Waals surface area contributed by atoms with E-state index >= 15 is 0 Å². The molecule has 5 heteroatoms. The summed E-state index contributed by atoms with van der Waals surface area (Å²) in [5.74, 6) is -0.520. The SMILES string of the molecule is Fc1c(Cl)ncnc1CCBr. The quantitative estimate of drug-likeness (QED) is 0.584. The molecule has 1 heterocycles. The molecule has 0 aliphatic carbocycles. The first-order chi connectivity index (χ1) is 5.25. The molecule has 0 aliphatic heterocycles. The first-order valence-electron chi connectivity index (χ1n) is 2.96. The van der Waals surface area contributed by atoms with Gasteiger partial charge in [0.1, 0.15) is 6.33 Å². The molecule has 2 nitrogen and oxygen atoms in total. The zero-order valence-electron chi connectivity index (χ0n) is 5.52. The molecule has 60 valence electrons. The number of hydrogen-bond acceptors (Lipinski definition) is 2. The van der Waals surface area contributed by atoms with Crippen LogP contribution in [0.1, 0.15) is 5.69 Å². The summed E-state index contributed by atoms with van der Waals surface area (Å²) in [5.41, 5.74) is 0.349. The van der Waals surface area contributed by atoms with Crippen molar-refractivity contribution in [3.05, 3.63) is 23.0 Å². The lowest BCUT2D eigenvalue weighted by Gasteiger charge is -1.98. The van der Waals surface area contributed by atoms with Gasteiger partial charge in [0, 0.05) is 11.8 Å². The van der Waals surface area contributed by atoms with Crippen LogP contribution < -0.4 is 0 Å². The fourth-order valence-corrected chi connectivity index (χ4v) is 1.17. The number of rotatable bonds is 2. The monoisotopic (exact) mass is 238 g/mol.